The van der Waals surface area contributed by atoms with Crippen molar-refractivity contribution in [3.05, 3.63) is 28.2 Å². The van der Waals surface area contributed by atoms with E-state index in [9.17, 15) is 0 Å². The van der Waals surface area contributed by atoms with Crippen molar-refractivity contribution in [1.29, 1.82) is 0 Å². The van der Waals surface area contributed by atoms with Crippen molar-refractivity contribution in [1.82, 2.24) is 4.98 Å². The Morgan fingerprint density at radius 1 is 1.47 bits per heavy atom. The number of halogens is 1. The molecule has 0 bridgehead atoms. The molecular formula is C11H12ClN2S+. The molecule has 2 aromatic rings. The van der Waals surface area contributed by atoms with E-state index in [1.54, 1.807) is 11.3 Å². The van der Waals surface area contributed by atoms with Crippen molar-refractivity contribution >= 4 is 33.2 Å². The molecule has 1 aromatic carbocycles. The molecule has 4 heteroatoms. The summed E-state index contributed by atoms with van der Waals surface area (Å²) in [6.07, 6.45) is 2.56. The maximum atomic E-state index is 5.94. The van der Waals surface area contributed by atoms with E-state index in [1.807, 2.05) is 12.1 Å². The summed E-state index contributed by atoms with van der Waals surface area (Å²) < 4.78 is 1.25. The first kappa shape index (κ1) is 9.58. The van der Waals surface area contributed by atoms with Gasteiger partial charge in [-0.15, -0.1) is 11.3 Å². The van der Waals surface area contributed by atoms with Crippen LogP contribution in [0, 0.1) is 0 Å². The summed E-state index contributed by atoms with van der Waals surface area (Å²) in [6.45, 7) is 1.24. The van der Waals surface area contributed by atoms with Crippen LogP contribution in [0.25, 0.3) is 10.2 Å². The third-order valence-electron chi connectivity index (χ3n) is 2.85. The first-order valence-corrected chi connectivity index (χ1v) is 6.42. The molecule has 1 fully saturated rings. The minimum Gasteiger partial charge on any atom is -0.338 e. The quantitative estimate of drug-likeness (QED) is 0.814. The summed E-state index contributed by atoms with van der Waals surface area (Å²) in [5, 5.41) is 4.42. The lowest BCUT2D eigenvalue weighted by atomic mass is 10.2. The highest BCUT2D eigenvalue weighted by Gasteiger charge is 2.23. The van der Waals surface area contributed by atoms with Crippen LogP contribution in [0.15, 0.2) is 18.2 Å². The smallest absolute Gasteiger partial charge is 0.151 e. The van der Waals surface area contributed by atoms with E-state index in [-0.39, 0.29) is 0 Å². The van der Waals surface area contributed by atoms with Gasteiger partial charge in [0, 0.05) is 17.9 Å². The molecule has 1 atom stereocenters. The van der Waals surface area contributed by atoms with Gasteiger partial charge in [-0.05, 0) is 18.2 Å². The van der Waals surface area contributed by atoms with Crippen LogP contribution in [0.3, 0.4) is 0 Å². The number of thiazole rings is 1. The summed E-state index contributed by atoms with van der Waals surface area (Å²) in [5.74, 6) is 0. The van der Waals surface area contributed by atoms with Crippen LogP contribution in [0.4, 0.5) is 0 Å². The van der Waals surface area contributed by atoms with E-state index < -0.39 is 0 Å². The van der Waals surface area contributed by atoms with Gasteiger partial charge < -0.3 is 5.32 Å². The molecule has 1 aliphatic heterocycles. The summed E-state index contributed by atoms with van der Waals surface area (Å²) in [6, 6.07) is 6.53. The van der Waals surface area contributed by atoms with Crippen LogP contribution in [0.5, 0.6) is 0 Å². The van der Waals surface area contributed by atoms with Crippen molar-refractivity contribution in [2.24, 2.45) is 0 Å². The molecule has 0 spiro atoms. The highest BCUT2D eigenvalue weighted by Crippen LogP contribution is 2.29. The van der Waals surface area contributed by atoms with E-state index >= 15 is 0 Å². The Balaban J connectivity index is 2.05. The predicted octanol–water partition coefficient (Wildman–Crippen LogP) is 2.35. The number of rotatable bonds is 1. The van der Waals surface area contributed by atoms with Crippen LogP contribution >= 0.6 is 22.9 Å². The Morgan fingerprint density at radius 2 is 2.40 bits per heavy atom. The standard InChI is InChI=1S/C11H11ClN2S/c12-7-3-4-10-9(6-7)14-11(15-10)8-2-1-5-13-8/h3-4,6,8,13H,1-2,5H2/p+1/t8-/m0/s1. The second-order valence-corrected chi connectivity index (χ2v) is 5.44. The van der Waals surface area contributed by atoms with Gasteiger partial charge in [-0.25, -0.2) is 4.98 Å². The van der Waals surface area contributed by atoms with Crippen molar-refractivity contribution in [2.75, 3.05) is 6.54 Å². The Morgan fingerprint density at radius 3 is 3.20 bits per heavy atom. The van der Waals surface area contributed by atoms with Gasteiger partial charge in [-0.2, -0.15) is 0 Å². The molecule has 78 valence electrons. The molecular weight excluding hydrogens is 228 g/mol. The Kier molecular flexibility index (Phi) is 2.39. The second-order valence-electron chi connectivity index (χ2n) is 3.94. The van der Waals surface area contributed by atoms with Gasteiger partial charge in [0.15, 0.2) is 5.01 Å². The van der Waals surface area contributed by atoms with Crippen molar-refractivity contribution < 1.29 is 5.32 Å². The van der Waals surface area contributed by atoms with E-state index in [0.29, 0.717) is 6.04 Å². The minimum atomic E-state index is 0.584. The lowest BCUT2D eigenvalue weighted by molar-refractivity contribution is -0.676. The maximum Gasteiger partial charge on any atom is 0.151 e. The molecule has 3 rings (SSSR count). The largest absolute Gasteiger partial charge is 0.338 e. The van der Waals surface area contributed by atoms with Crippen LogP contribution in [-0.2, 0) is 0 Å². The maximum absolute atomic E-state index is 5.94. The summed E-state index contributed by atoms with van der Waals surface area (Å²) in [4.78, 5) is 4.66. The number of aromatic nitrogens is 1. The molecule has 2 N–H and O–H groups in total. The lowest BCUT2D eigenvalue weighted by Gasteiger charge is -2.00. The van der Waals surface area contributed by atoms with Gasteiger partial charge in [-0.3, -0.25) is 0 Å². The summed E-state index contributed by atoms with van der Waals surface area (Å²) in [7, 11) is 0. The Hall–Kier alpha value is -0.640. The molecule has 2 heterocycles. The Bertz CT molecular complexity index is 488. The summed E-state index contributed by atoms with van der Waals surface area (Å²) in [5.41, 5.74) is 1.04. The summed E-state index contributed by atoms with van der Waals surface area (Å²) >= 11 is 7.75. The van der Waals surface area contributed by atoms with Crippen LogP contribution < -0.4 is 5.32 Å². The fraction of sp³-hybridized carbons (Fsp3) is 0.364. The molecule has 0 saturated carbocycles. The number of quaternary nitrogens is 1. The minimum absolute atomic E-state index is 0.584. The normalized spacial score (nSPS) is 21.3. The second kappa shape index (κ2) is 3.74. The fourth-order valence-electron chi connectivity index (χ4n) is 2.08. The molecule has 0 amide bonds. The fourth-order valence-corrected chi connectivity index (χ4v) is 3.32. The predicted molar refractivity (Wildman–Crippen MR) is 63.4 cm³/mol. The zero-order chi connectivity index (χ0) is 10.3. The van der Waals surface area contributed by atoms with Crippen LogP contribution in [0.1, 0.15) is 23.9 Å². The zero-order valence-electron chi connectivity index (χ0n) is 8.24. The topological polar surface area (TPSA) is 29.5 Å². The number of nitrogens with two attached hydrogens (primary N) is 1. The first-order chi connectivity index (χ1) is 7.33. The van der Waals surface area contributed by atoms with Gasteiger partial charge in [0.1, 0.15) is 6.04 Å². The molecule has 0 unspecified atom stereocenters. The highest BCUT2D eigenvalue weighted by molar-refractivity contribution is 7.18. The van der Waals surface area contributed by atoms with Gasteiger partial charge in [0.05, 0.1) is 16.8 Å². The number of hydrogen-bond donors (Lipinski definition) is 1. The van der Waals surface area contributed by atoms with Crippen molar-refractivity contribution in [2.45, 2.75) is 18.9 Å². The average molecular weight is 240 g/mol. The first-order valence-electron chi connectivity index (χ1n) is 5.22. The van der Waals surface area contributed by atoms with E-state index in [2.05, 4.69) is 16.4 Å². The molecule has 0 aliphatic carbocycles. The zero-order valence-corrected chi connectivity index (χ0v) is 9.81. The van der Waals surface area contributed by atoms with E-state index in [1.165, 1.54) is 29.1 Å². The van der Waals surface area contributed by atoms with Crippen molar-refractivity contribution in [3.8, 4) is 0 Å². The molecule has 0 radical (unpaired) electrons. The lowest BCUT2D eigenvalue weighted by Crippen LogP contribution is -2.81. The van der Waals surface area contributed by atoms with Crippen LogP contribution in [0.2, 0.25) is 5.02 Å². The van der Waals surface area contributed by atoms with E-state index in [0.717, 1.165) is 10.5 Å². The average Bonchev–Trinajstić information content (AvgIpc) is 2.84. The highest BCUT2D eigenvalue weighted by atomic mass is 35.5. The molecule has 1 saturated heterocycles. The monoisotopic (exact) mass is 239 g/mol. The van der Waals surface area contributed by atoms with Crippen LogP contribution in [-0.4, -0.2) is 11.5 Å². The van der Waals surface area contributed by atoms with Gasteiger partial charge in [0.2, 0.25) is 0 Å². The van der Waals surface area contributed by atoms with Gasteiger partial charge in [0.25, 0.3) is 0 Å². The van der Waals surface area contributed by atoms with Gasteiger partial charge >= 0.3 is 0 Å². The number of fused-ring (bicyclic) bond motifs is 1. The number of benzene rings is 1. The third kappa shape index (κ3) is 1.75. The van der Waals surface area contributed by atoms with E-state index in [4.69, 9.17) is 11.6 Å². The number of hydrogen-bond acceptors (Lipinski definition) is 2. The molecule has 15 heavy (non-hydrogen) atoms. The third-order valence-corrected chi connectivity index (χ3v) is 4.26. The molecule has 2 nitrogen and oxygen atoms in total. The Labute approximate surface area is 97.3 Å². The molecule has 1 aliphatic rings. The number of nitrogens with zero attached hydrogens (tertiary/aromatic N) is 1. The van der Waals surface area contributed by atoms with Crippen molar-refractivity contribution in [3.63, 3.8) is 0 Å². The SMILES string of the molecule is Clc1ccc2sc([C@@H]3CCC[NH2+]3)nc2c1. The van der Waals surface area contributed by atoms with Gasteiger partial charge in [-0.1, -0.05) is 11.6 Å². The molecule has 1 aromatic heterocycles.